The first-order chi connectivity index (χ1) is 16.2. The number of amides is 2. The number of carbonyl (C=O) groups is 4. The molecule has 3 unspecified atom stereocenters. The van der Waals surface area contributed by atoms with Crippen molar-refractivity contribution in [1.29, 1.82) is 0 Å². The lowest BCUT2D eigenvalue weighted by Crippen LogP contribution is -2.50. The lowest BCUT2D eigenvalue weighted by molar-refractivity contribution is -0.119. The molecule has 2 aliphatic heterocycles. The molecule has 2 N–H and O–H groups in total. The number of benzene rings is 1. The third-order valence-electron chi connectivity index (χ3n) is 5.28. The van der Waals surface area contributed by atoms with Gasteiger partial charge in [-0.2, -0.15) is 0 Å². The van der Waals surface area contributed by atoms with Crippen molar-refractivity contribution in [3.8, 4) is 0 Å². The first kappa shape index (κ1) is 26.3. The fourth-order valence-corrected chi connectivity index (χ4v) is 5.63. The molecule has 10 nitrogen and oxygen atoms in total. The van der Waals surface area contributed by atoms with Gasteiger partial charge in [0.05, 0.1) is 29.8 Å². The second kappa shape index (κ2) is 11.9. The molecule has 1 aromatic carbocycles. The summed E-state index contributed by atoms with van der Waals surface area (Å²) in [6.45, 7) is 3.33. The number of halogens is 1. The number of hydrogen-bond donors (Lipinski definition) is 2. The van der Waals surface area contributed by atoms with Gasteiger partial charge >= 0.3 is 6.09 Å². The van der Waals surface area contributed by atoms with Crippen molar-refractivity contribution in [3.05, 3.63) is 24.0 Å². The van der Waals surface area contributed by atoms with Gasteiger partial charge in [-0.05, 0) is 55.8 Å². The number of aldehydes is 1. The lowest BCUT2D eigenvalue weighted by atomic mass is 10.2. The zero-order valence-corrected chi connectivity index (χ0v) is 20.8. The van der Waals surface area contributed by atoms with Crippen LogP contribution in [-0.4, -0.2) is 91.3 Å². The summed E-state index contributed by atoms with van der Waals surface area (Å²) >= 11 is 1.97. The smallest absolute Gasteiger partial charge is 0.414 e. The maximum atomic E-state index is 15.2. The van der Waals surface area contributed by atoms with Crippen LogP contribution in [0.4, 0.5) is 25.4 Å². The van der Waals surface area contributed by atoms with E-state index in [1.807, 2.05) is 4.90 Å². The number of piperazine rings is 1. The van der Waals surface area contributed by atoms with E-state index in [1.54, 1.807) is 31.1 Å². The Morgan fingerprint density at radius 1 is 1.41 bits per heavy atom. The van der Waals surface area contributed by atoms with E-state index in [-0.39, 0.29) is 28.8 Å². The monoisotopic (exact) mass is 513 g/mol. The number of ether oxygens (including phenoxy) is 1. The summed E-state index contributed by atoms with van der Waals surface area (Å²) in [4.78, 5) is 51.9. The zero-order chi connectivity index (χ0) is 24.8. The van der Waals surface area contributed by atoms with Crippen LogP contribution in [-0.2, 0) is 14.3 Å². The average Bonchev–Trinajstić information content (AvgIpc) is 3.17. The minimum Gasteiger partial charge on any atom is -0.442 e. The van der Waals surface area contributed by atoms with Crippen molar-refractivity contribution in [2.75, 3.05) is 56.6 Å². The second-order valence-corrected chi connectivity index (χ2v) is 10.5. The minimum absolute atomic E-state index is 0.183. The number of nitrogens with zero attached hydrogens (tertiary/aromatic N) is 3. The first-order valence-corrected chi connectivity index (χ1v) is 12.4. The summed E-state index contributed by atoms with van der Waals surface area (Å²) in [7, 11) is 3.43. The highest BCUT2D eigenvalue weighted by Gasteiger charge is 2.34. The Bertz CT molecular complexity index is 937. The van der Waals surface area contributed by atoms with Crippen LogP contribution < -0.4 is 20.4 Å². The Morgan fingerprint density at radius 2 is 2.18 bits per heavy atom. The van der Waals surface area contributed by atoms with E-state index in [0.29, 0.717) is 37.3 Å². The van der Waals surface area contributed by atoms with Crippen LogP contribution in [0.5, 0.6) is 0 Å². The Morgan fingerprint density at radius 3 is 2.82 bits per heavy atom. The van der Waals surface area contributed by atoms with Crippen LogP contribution in [0.3, 0.4) is 0 Å². The molecule has 2 heterocycles. The molecule has 0 aliphatic carbocycles. The van der Waals surface area contributed by atoms with Crippen LogP contribution in [0.25, 0.3) is 0 Å². The van der Waals surface area contributed by atoms with Crippen molar-refractivity contribution >= 4 is 57.6 Å². The molecule has 2 aliphatic rings. The fraction of sp³-hybridized carbons (Fsp3) is 0.524. The van der Waals surface area contributed by atoms with Gasteiger partial charge in [-0.15, -0.1) is 0 Å². The van der Waals surface area contributed by atoms with Gasteiger partial charge in [0.1, 0.15) is 23.6 Å². The Labute approximate surface area is 205 Å². The molecular weight excluding hydrogens is 485 g/mol. The highest BCUT2D eigenvalue weighted by Crippen LogP contribution is 2.34. The fourth-order valence-electron chi connectivity index (χ4n) is 3.55. The first-order valence-electron chi connectivity index (χ1n) is 10.7. The molecule has 3 atom stereocenters. The van der Waals surface area contributed by atoms with Crippen molar-refractivity contribution < 1.29 is 28.3 Å². The molecule has 2 amide bonds. The SMILES string of the molecule is CC(=O)NCC1CN(c2ccc(N3CCNCC3SC(=O)SC(C=O)N(C)C)c(F)c2)C(=O)O1. The summed E-state index contributed by atoms with van der Waals surface area (Å²) in [5.41, 5.74) is 0.671. The normalized spacial score (nSPS) is 21.4. The number of hydrogen-bond acceptors (Lipinski definition) is 10. The molecular formula is C21H28FN5O5S2. The number of anilines is 2. The van der Waals surface area contributed by atoms with Crippen molar-refractivity contribution in [1.82, 2.24) is 15.5 Å². The largest absolute Gasteiger partial charge is 0.442 e. The predicted molar refractivity (Wildman–Crippen MR) is 131 cm³/mol. The van der Waals surface area contributed by atoms with Gasteiger partial charge in [0.25, 0.3) is 0 Å². The molecule has 186 valence electrons. The Balaban J connectivity index is 1.69. The Kier molecular flexibility index (Phi) is 9.17. The van der Waals surface area contributed by atoms with E-state index in [4.69, 9.17) is 4.74 Å². The molecule has 0 saturated carbocycles. The summed E-state index contributed by atoms with van der Waals surface area (Å²) in [6, 6.07) is 4.49. The molecule has 0 bridgehead atoms. The third-order valence-corrected chi connectivity index (χ3v) is 7.71. The van der Waals surface area contributed by atoms with Gasteiger partial charge in [-0.25, -0.2) is 9.18 Å². The number of cyclic esters (lactones) is 1. The van der Waals surface area contributed by atoms with Gasteiger partial charge in [0, 0.05) is 26.6 Å². The van der Waals surface area contributed by atoms with E-state index in [1.165, 1.54) is 17.9 Å². The molecule has 0 aromatic heterocycles. The van der Waals surface area contributed by atoms with Crippen LogP contribution in [0, 0.1) is 5.82 Å². The van der Waals surface area contributed by atoms with E-state index in [2.05, 4.69) is 10.6 Å². The molecule has 3 rings (SSSR count). The molecule has 1 aromatic rings. The van der Waals surface area contributed by atoms with Crippen molar-refractivity contribution in [2.24, 2.45) is 0 Å². The van der Waals surface area contributed by atoms with E-state index < -0.39 is 23.4 Å². The minimum atomic E-state index is -0.605. The van der Waals surface area contributed by atoms with Crippen LogP contribution in [0.15, 0.2) is 18.2 Å². The predicted octanol–water partition coefficient (Wildman–Crippen LogP) is 1.70. The van der Waals surface area contributed by atoms with Gasteiger partial charge in [0.2, 0.25) is 10.4 Å². The van der Waals surface area contributed by atoms with Gasteiger partial charge in [-0.3, -0.25) is 19.4 Å². The van der Waals surface area contributed by atoms with Crippen LogP contribution >= 0.6 is 23.5 Å². The highest BCUT2D eigenvalue weighted by molar-refractivity contribution is 8.39. The van der Waals surface area contributed by atoms with Gasteiger partial charge in [0.15, 0.2) is 0 Å². The standard InChI is InChI=1S/C21H28FN5O5S2/c1-13(29)24-9-15-11-27(20(30)32-15)14-4-5-17(16(22)8-14)26-7-6-23-10-18(26)33-21(31)34-19(12-28)25(2)3/h4-5,8,12,15,18-19,23H,6-7,9-11H2,1-3H3,(H,24,29). The number of likely N-dealkylation sites (N-methyl/N-ethyl adjacent to an activating group) is 1. The Hall–Kier alpha value is -2.35. The van der Waals surface area contributed by atoms with Crippen molar-refractivity contribution in [2.45, 2.75) is 23.8 Å². The molecule has 0 radical (unpaired) electrons. The number of carbonyl (C=O) groups excluding carboxylic acids is 4. The van der Waals surface area contributed by atoms with Crippen molar-refractivity contribution in [3.63, 3.8) is 0 Å². The average molecular weight is 514 g/mol. The second-order valence-electron chi connectivity index (χ2n) is 8.02. The zero-order valence-electron chi connectivity index (χ0n) is 19.2. The quantitative estimate of drug-likeness (QED) is 0.394. The molecule has 0 spiro atoms. The van der Waals surface area contributed by atoms with E-state index in [0.717, 1.165) is 23.5 Å². The highest BCUT2D eigenvalue weighted by atomic mass is 32.2. The summed E-state index contributed by atoms with van der Waals surface area (Å²) in [5, 5.41) is 4.87. The maximum absolute atomic E-state index is 15.2. The summed E-state index contributed by atoms with van der Waals surface area (Å²) in [5.74, 6) is -0.754. The van der Waals surface area contributed by atoms with Crippen LogP contribution in [0.2, 0.25) is 0 Å². The molecule has 34 heavy (non-hydrogen) atoms. The maximum Gasteiger partial charge on any atom is 0.414 e. The summed E-state index contributed by atoms with van der Waals surface area (Å²) < 4.78 is 20.2. The van der Waals surface area contributed by atoms with E-state index in [9.17, 15) is 19.2 Å². The van der Waals surface area contributed by atoms with Crippen LogP contribution in [0.1, 0.15) is 6.92 Å². The molecule has 2 saturated heterocycles. The topological polar surface area (TPSA) is 111 Å². The lowest BCUT2D eigenvalue weighted by Gasteiger charge is -2.37. The molecule has 13 heteroatoms. The number of rotatable bonds is 8. The van der Waals surface area contributed by atoms with Gasteiger partial charge in [-0.1, -0.05) is 0 Å². The third kappa shape index (κ3) is 6.62. The molecule has 2 fully saturated rings. The summed E-state index contributed by atoms with van der Waals surface area (Å²) in [6.07, 6.45) is -0.414. The van der Waals surface area contributed by atoms with Gasteiger partial charge < -0.3 is 25.1 Å². The number of thioether (sulfide) groups is 2. The number of nitrogens with one attached hydrogen (secondary N) is 2. The van der Waals surface area contributed by atoms with E-state index >= 15 is 4.39 Å².